The molecule has 4 rings (SSSR count). The van der Waals surface area contributed by atoms with E-state index < -0.39 is 0 Å². The molecule has 5 heteroatoms. The lowest BCUT2D eigenvalue weighted by atomic mass is 10.1. The second-order valence-electron chi connectivity index (χ2n) is 5.80. The highest BCUT2D eigenvalue weighted by molar-refractivity contribution is 6.28. The van der Waals surface area contributed by atoms with E-state index in [9.17, 15) is 9.59 Å². The number of carbonyl (C=O) groups is 2. The predicted molar refractivity (Wildman–Crippen MR) is 94.1 cm³/mol. The number of carbonyl (C=O) groups excluding carboxylic acids is 2. The minimum absolute atomic E-state index is 0.333. The number of benzene rings is 2. The molecule has 2 aliphatic rings. The molecular weight excluding hydrogens is 316 g/mol. The fraction of sp³-hybridized carbons (Fsp3) is 0.100. The first kappa shape index (κ1) is 15.0. The van der Waals surface area contributed by atoms with E-state index in [1.54, 1.807) is 12.1 Å². The molecule has 5 nitrogen and oxygen atoms in total. The summed E-state index contributed by atoms with van der Waals surface area (Å²) in [7, 11) is 0. The minimum Gasteiger partial charge on any atom is -0.473 e. The third-order valence-electron chi connectivity index (χ3n) is 4.23. The van der Waals surface area contributed by atoms with E-state index in [1.165, 1.54) is 12.2 Å². The van der Waals surface area contributed by atoms with Crippen molar-refractivity contribution >= 4 is 23.2 Å². The molecule has 25 heavy (non-hydrogen) atoms. The number of fused-ring (bicyclic) bond motifs is 1. The van der Waals surface area contributed by atoms with Gasteiger partial charge in [0.1, 0.15) is 5.75 Å². The molecule has 0 radical (unpaired) electrons. The third kappa shape index (κ3) is 2.64. The van der Waals surface area contributed by atoms with Gasteiger partial charge in [0, 0.05) is 35.5 Å². The van der Waals surface area contributed by atoms with E-state index in [2.05, 4.69) is 5.92 Å². The third-order valence-corrected chi connectivity index (χ3v) is 4.23. The van der Waals surface area contributed by atoms with Gasteiger partial charge >= 0.3 is 0 Å². The van der Waals surface area contributed by atoms with Gasteiger partial charge in [0.2, 0.25) is 0 Å². The maximum absolute atomic E-state index is 11.9. The molecule has 2 amide bonds. The Morgan fingerprint density at radius 2 is 1.80 bits per heavy atom. The summed E-state index contributed by atoms with van der Waals surface area (Å²) in [5.74, 6) is 2.71. The highest BCUT2D eigenvalue weighted by Crippen LogP contribution is 2.32. The molecule has 2 aromatic carbocycles. The molecule has 0 bridgehead atoms. The summed E-state index contributed by atoms with van der Waals surface area (Å²) in [4.78, 5) is 26.9. The second kappa shape index (κ2) is 5.84. The van der Waals surface area contributed by atoms with Crippen LogP contribution >= 0.6 is 0 Å². The normalized spacial score (nSPS) is 15.8. The summed E-state index contributed by atoms with van der Waals surface area (Å²) < 4.78 is 5.81. The van der Waals surface area contributed by atoms with Crippen LogP contribution in [-0.2, 0) is 16.1 Å². The number of amides is 2. The van der Waals surface area contributed by atoms with Gasteiger partial charge < -0.3 is 9.64 Å². The first-order chi connectivity index (χ1) is 12.2. The van der Waals surface area contributed by atoms with Crippen LogP contribution in [0.25, 0.3) is 0 Å². The fourth-order valence-corrected chi connectivity index (χ4v) is 2.98. The van der Waals surface area contributed by atoms with Gasteiger partial charge in [0.05, 0.1) is 5.69 Å². The number of terminal acetylenes is 1. The molecular formula is C20H14N2O3. The summed E-state index contributed by atoms with van der Waals surface area (Å²) in [6, 6.07) is 13.0. The maximum Gasteiger partial charge on any atom is 0.258 e. The van der Waals surface area contributed by atoms with Gasteiger partial charge in [-0.1, -0.05) is 12.0 Å². The highest BCUT2D eigenvalue weighted by Gasteiger charge is 2.27. The van der Waals surface area contributed by atoms with Crippen LogP contribution in [-0.4, -0.2) is 18.5 Å². The van der Waals surface area contributed by atoms with Crippen molar-refractivity contribution in [1.29, 1.82) is 0 Å². The predicted octanol–water partition coefficient (Wildman–Crippen LogP) is 2.45. The SMILES string of the molecule is C#Cc1cccc(N2COc3ccc(N4C(=O)C=CC4=O)cc3C2)c1. The molecule has 2 aliphatic heterocycles. The molecule has 0 unspecified atom stereocenters. The van der Waals surface area contributed by atoms with Gasteiger partial charge in [-0.3, -0.25) is 9.59 Å². The van der Waals surface area contributed by atoms with Gasteiger partial charge in [-0.05, 0) is 36.4 Å². The number of rotatable bonds is 2. The van der Waals surface area contributed by atoms with Crippen molar-refractivity contribution in [2.45, 2.75) is 6.54 Å². The molecule has 0 N–H and O–H groups in total. The smallest absolute Gasteiger partial charge is 0.258 e. The maximum atomic E-state index is 11.9. The first-order valence-corrected chi connectivity index (χ1v) is 7.79. The molecule has 0 saturated carbocycles. The lowest BCUT2D eigenvalue weighted by Crippen LogP contribution is -2.33. The Hall–Kier alpha value is -3.52. The quantitative estimate of drug-likeness (QED) is 0.627. The van der Waals surface area contributed by atoms with Crippen LogP contribution in [0.15, 0.2) is 54.6 Å². The van der Waals surface area contributed by atoms with Gasteiger partial charge in [-0.15, -0.1) is 6.42 Å². The van der Waals surface area contributed by atoms with Crippen LogP contribution in [0.3, 0.4) is 0 Å². The van der Waals surface area contributed by atoms with Gasteiger partial charge in [0.25, 0.3) is 11.8 Å². The largest absolute Gasteiger partial charge is 0.473 e. The Morgan fingerprint density at radius 1 is 1.00 bits per heavy atom. The number of anilines is 2. The summed E-state index contributed by atoms with van der Waals surface area (Å²) in [5, 5.41) is 0. The van der Waals surface area contributed by atoms with E-state index in [1.807, 2.05) is 35.2 Å². The highest BCUT2D eigenvalue weighted by atomic mass is 16.5. The molecule has 2 heterocycles. The molecule has 0 aromatic heterocycles. The van der Waals surface area contributed by atoms with E-state index in [0.29, 0.717) is 19.0 Å². The van der Waals surface area contributed by atoms with Crippen molar-refractivity contribution in [2.24, 2.45) is 0 Å². The summed E-state index contributed by atoms with van der Waals surface area (Å²) >= 11 is 0. The van der Waals surface area contributed by atoms with Gasteiger partial charge in [0.15, 0.2) is 6.73 Å². The Bertz CT molecular complexity index is 938. The molecule has 0 saturated heterocycles. The van der Waals surface area contributed by atoms with E-state index >= 15 is 0 Å². The van der Waals surface area contributed by atoms with Crippen molar-refractivity contribution in [3.63, 3.8) is 0 Å². The molecule has 0 aliphatic carbocycles. The molecule has 2 aromatic rings. The van der Waals surface area contributed by atoms with Crippen LogP contribution in [0.2, 0.25) is 0 Å². The summed E-state index contributed by atoms with van der Waals surface area (Å²) in [6.45, 7) is 1.00. The second-order valence-corrected chi connectivity index (χ2v) is 5.80. The molecule has 0 spiro atoms. The van der Waals surface area contributed by atoms with Crippen molar-refractivity contribution in [1.82, 2.24) is 0 Å². The zero-order valence-corrected chi connectivity index (χ0v) is 13.3. The Kier molecular flexibility index (Phi) is 3.51. The number of imide groups is 1. The average Bonchev–Trinajstić information content (AvgIpc) is 2.99. The van der Waals surface area contributed by atoms with Gasteiger partial charge in [-0.2, -0.15) is 0 Å². The number of hydrogen-bond acceptors (Lipinski definition) is 4. The fourth-order valence-electron chi connectivity index (χ4n) is 2.98. The molecule has 0 atom stereocenters. The Labute approximate surface area is 145 Å². The van der Waals surface area contributed by atoms with Crippen LogP contribution in [0.1, 0.15) is 11.1 Å². The van der Waals surface area contributed by atoms with Crippen molar-refractivity contribution in [2.75, 3.05) is 16.5 Å². The summed E-state index contributed by atoms with van der Waals surface area (Å²) in [6.07, 6.45) is 8.01. The standard InChI is InChI=1S/C20H14N2O3/c1-2-14-4-3-5-16(10-14)21-12-15-11-17(6-7-18(15)25-13-21)22-19(23)8-9-20(22)24/h1,3-11H,12-13H2. The van der Waals surface area contributed by atoms with Crippen molar-refractivity contribution in [3.8, 4) is 18.1 Å². The van der Waals surface area contributed by atoms with Gasteiger partial charge in [-0.25, -0.2) is 4.90 Å². The zero-order chi connectivity index (χ0) is 17.4. The zero-order valence-electron chi connectivity index (χ0n) is 13.3. The van der Waals surface area contributed by atoms with Crippen molar-refractivity contribution < 1.29 is 14.3 Å². The monoisotopic (exact) mass is 330 g/mol. The van der Waals surface area contributed by atoms with E-state index in [-0.39, 0.29) is 11.8 Å². The van der Waals surface area contributed by atoms with Crippen LogP contribution in [0.4, 0.5) is 11.4 Å². The van der Waals surface area contributed by atoms with Crippen molar-refractivity contribution in [3.05, 3.63) is 65.7 Å². The van der Waals surface area contributed by atoms with Crippen LogP contribution in [0, 0.1) is 12.3 Å². The summed E-state index contributed by atoms with van der Waals surface area (Å²) in [5.41, 5.74) is 3.21. The lowest BCUT2D eigenvalue weighted by molar-refractivity contribution is -0.119. The Balaban J connectivity index is 1.64. The minimum atomic E-state index is -0.333. The van der Waals surface area contributed by atoms with Crippen LogP contribution in [0.5, 0.6) is 5.75 Å². The number of nitrogens with zero attached hydrogens (tertiary/aromatic N) is 2. The average molecular weight is 330 g/mol. The first-order valence-electron chi connectivity index (χ1n) is 7.79. The van der Waals surface area contributed by atoms with E-state index in [0.717, 1.165) is 27.5 Å². The topological polar surface area (TPSA) is 49.9 Å². The number of hydrogen-bond donors (Lipinski definition) is 0. The van der Waals surface area contributed by atoms with Crippen LogP contribution < -0.4 is 14.5 Å². The lowest BCUT2D eigenvalue weighted by Gasteiger charge is -2.31. The Morgan fingerprint density at radius 3 is 2.56 bits per heavy atom. The molecule has 0 fully saturated rings. The molecule has 122 valence electrons. The van der Waals surface area contributed by atoms with E-state index in [4.69, 9.17) is 11.2 Å². The number of ether oxygens (including phenoxy) is 1.